The zero-order valence-corrected chi connectivity index (χ0v) is 26.1. The second-order valence-electron chi connectivity index (χ2n) is 11.0. The fraction of sp³-hybridized carbons (Fsp3) is 0.162. The van der Waals surface area contributed by atoms with Gasteiger partial charge in [-0.25, -0.2) is 4.68 Å². The van der Waals surface area contributed by atoms with Gasteiger partial charge in [-0.05, 0) is 93.9 Å². The maximum Gasteiger partial charge on any atom is 0.280 e. The average molecular weight is 599 g/mol. The van der Waals surface area contributed by atoms with Crippen LogP contribution in [0, 0.1) is 13.8 Å². The largest absolute Gasteiger partial charge is 0.491 e. The Kier molecular flexibility index (Phi) is 8.48. The Labute approximate surface area is 262 Å². The van der Waals surface area contributed by atoms with Crippen LogP contribution in [-0.4, -0.2) is 33.3 Å². The summed E-state index contributed by atoms with van der Waals surface area (Å²) in [6.07, 6.45) is 4.00. The Morgan fingerprint density at radius 1 is 0.864 bits per heavy atom. The molecule has 1 aliphatic rings. The van der Waals surface area contributed by atoms with Gasteiger partial charge in [0.1, 0.15) is 5.75 Å². The molecule has 1 aliphatic heterocycles. The van der Waals surface area contributed by atoms with Gasteiger partial charge in [-0.2, -0.15) is 15.2 Å². The number of aryl methyl sites for hydroxylation is 2. The molecule has 0 saturated heterocycles. The smallest absolute Gasteiger partial charge is 0.280 e. The lowest BCUT2D eigenvalue weighted by atomic mass is 10.0. The average Bonchev–Trinajstić information content (AvgIpc) is 3.60. The molecule has 0 N–H and O–H groups in total. The first kappa shape index (κ1) is 29.2. The summed E-state index contributed by atoms with van der Waals surface area (Å²) in [7, 11) is 0. The van der Waals surface area contributed by atoms with E-state index in [0.717, 1.165) is 50.1 Å². The summed E-state index contributed by atoms with van der Waals surface area (Å²) in [5.41, 5.74) is 7.72. The molecule has 1 amide bonds. The lowest BCUT2D eigenvalue weighted by Crippen LogP contribution is -2.21. The zero-order valence-electron chi connectivity index (χ0n) is 25.3. The molecule has 44 heavy (non-hydrogen) atoms. The molecule has 1 aromatic heterocycles. The number of ether oxygens (including phenoxy) is 1. The number of anilines is 1. The van der Waals surface area contributed by atoms with Crippen molar-refractivity contribution in [1.29, 1.82) is 0 Å². The summed E-state index contributed by atoms with van der Waals surface area (Å²) in [6.45, 7) is 8.16. The van der Waals surface area contributed by atoms with Crippen LogP contribution in [0.15, 0.2) is 125 Å². The number of carbonyl (C=O) groups is 1. The van der Waals surface area contributed by atoms with Crippen LogP contribution in [-0.2, 0) is 4.79 Å². The second kappa shape index (κ2) is 12.8. The molecule has 4 aromatic carbocycles. The minimum atomic E-state index is -0.161. The van der Waals surface area contributed by atoms with E-state index in [2.05, 4.69) is 37.3 Å². The fourth-order valence-electron chi connectivity index (χ4n) is 5.01. The number of benzene rings is 4. The van der Waals surface area contributed by atoms with Crippen LogP contribution in [0.1, 0.15) is 30.5 Å². The van der Waals surface area contributed by atoms with Crippen LogP contribution in [0.2, 0.25) is 0 Å². The molecule has 0 bridgehead atoms. The van der Waals surface area contributed by atoms with Crippen LogP contribution in [0.4, 0.5) is 5.69 Å². The standard InChI is InChI=1S/C37H34N4O2S/c1-25(2)43-35-20-17-28(21-27(35)4)36-29(23-40(39-36)30-11-7-5-8-12-30)22-33-34(24-44-32-18-15-26(3)16-19-32)38-41(37(33)42)31-13-9-6-10-14-31/h5-23,25H,24H2,1-4H3. The third-order valence-electron chi connectivity index (χ3n) is 7.23. The highest BCUT2D eigenvalue weighted by Crippen LogP contribution is 2.33. The summed E-state index contributed by atoms with van der Waals surface area (Å²) in [4.78, 5) is 15.1. The number of para-hydroxylation sites is 2. The normalized spacial score (nSPS) is 14.0. The van der Waals surface area contributed by atoms with Gasteiger partial charge in [0, 0.05) is 28.0 Å². The number of amides is 1. The Bertz CT molecular complexity index is 1840. The number of hydrazone groups is 1. The molecule has 7 heteroatoms. The lowest BCUT2D eigenvalue weighted by molar-refractivity contribution is -0.114. The predicted molar refractivity (Wildman–Crippen MR) is 181 cm³/mol. The van der Waals surface area contributed by atoms with Gasteiger partial charge in [0.25, 0.3) is 5.91 Å². The predicted octanol–water partition coefficient (Wildman–Crippen LogP) is 8.52. The highest BCUT2D eigenvalue weighted by Gasteiger charge is 2.31. The van der Waals surface area contributed by atoms with Crippen molar-refractivity contribution in [3.05, 3.63) is 132 Å². The van der Waals surface area contributed by atoms with Crippen LogP contribution < -0.4 is 9.75 Å². The van der Waals surface area contributed by atoms with Crippen LogP contribution in [0.25, 0.3) is 23.0 Å². The lowest BCUT2D eigenvalue weighted by Gasteiger charge is -2.13. The summed E-state index contributed by atoms with van der Waals surface area (Å²) in [5.74, 6) is 1.23. The van der Waals surface area contributed by atoms with Crippen molar-refractivity contribution >= 4 is 35.1 Å². The number of rotatable bonds is 9. The number of carbonyl (C=O) groups excluding carboxylic acids is 1. The van der Waals surface area contributed by atoms with Crippen LogP contribution >= 0.6 is 11.8 Å². The first-order chi connectivity index (χ1) is 21.4. The molecule has 0 spiro atoms. The van der Waals surface area contributed by atoms with Gasteiger partial charge >= 0.3 is 0 Å². The van der Waals surface area contributed by atoms with Gasteiger partial charge in [-0.15, -0.1) is 11.8 Å². The van der Waals surface area contributed by atoms with E-state index < -0.39 is 0 Å². The Balaban J connectivity index is 1.43. The van der Waals surface area contributed by atoms with Gasteiger partial charge in [-0.3, -0.25) is 4.79 Å². The van der Waals surface area contributed by atoms with Crippen molar-refractivity contribution in [3.63, 3.8) is 0 Å². The molecule has 0 aliphatic carbocycles. The molecular weight excluding hydrogens is 565 g/mol. The number of thioether (sulfide) groups is 1. The number of nitrogens with zero attached hydrogens (tertiary/aromatic N) is 4. The Morgan fingerprint density at radius 3 is 2.20 bits per heavy atom. The Hall–Kier alpha value is -4.88. The van der Waals surface area contributed by atoms with Crippen LogP contribution in [0.3, 0.4) is 0 Å². The molecule has 0 fully saturated rings. The number of aromatic nitrogens is 2. The van der Waals surface area contributed by atoms with E-state index in [1.165, 1.54) is 10.6 Å². The summed E-state index contributed by atoms with van der Waals surface area (Å²) in [6, 6.07) is 34.1. The van der Waals surface area contributed by atoms with E-state index >= 15 is 0 Å². The minimum Gasteiger partial charge on any atom is -0.491 e. The summed E-state index contributed by atoms with van der Waals surface area (Å²) in [5, 5.41) is 11.4. The third kappa shape index (κ3) is 6.38. The topological polar surface area (TPSA) is 59.7 Å². The number of hydrogen-bond donors (Lipinski definition) is 0. The van der Waals surface area contributed by atoms with E-state index in [1.54, 1.807) is 11.8 Å². The monoisotopic (exact) mass is 598 g/mol. The van der Waals surface area contributed by atoms with E-state index in [1.807, 2.05) is 111 Å². The molecule has 0 radical (unpaired) electrons. The SMILES string of the molecule is Cc1ccc(SCC2=NN(c3ccccc3)C(=O)C2=Cc2cn(-c3ccccc3)nc2-c2ccc(OC(C)C)c(C)c2)cc1. The van der Waals surface area contributed by atoms with E-state index in [0.29, 0.717) is 11.3 Å². The van der Waals surface area contributed by atoms with E-state index in [4.69, 9.17) is 14.9 Å². The van der Waals surface area contributed by atoms with Crippen molar-refractivity contribution in [3.8, 4) is 22.7 Å². The summed E-state index contributed by atoms with van der Waals surface area (Å²) < 4.78 is 7.86. The summed E-state index contributed by atoms with van der Waals surface area (Å²) >= 11 is 1.67. The molecule has 6 nitrogen and oxygen atoms in total. The Morgan fingerprint density at radius 2 is 1.55 bits per heavy atom. The van der Waals surface area contributed by atoms with Crippen molar-refractivity contribution in [2.24, 2.45) is 5.10 Å². The molecule has 5 aromatic rings. The molecule has 0 atom stereocenters. The molecule has 6 rings (SSSR count). The third-order valence-corrected chi connectivity index (χ3v) is 8.25. The van der Waals surface area contributed by atoms with E-state index in [9.17, 15) is 4.79 Å². The molecule has 2 heterocycles. The van der Waals surface area contributed by atoms with Crippen molar-refractivity contribution in [1.82, 2.24) is 9.78 Å². The van der Waals surface area contributed by atoms with Crippen molar-refractivity contribution in [2.75, 3.05) is 10.8 Å². The van der Waals surface area contributed by atoms with Crippen molar-refractivity contribution < 1.29 is 9.53 Å². The van der Waals surface area contributed by atoms with Gasteiger partial charge in [0.2, 0.25) is 0 Å². The van der Waals surface area contributed by atoms with E-state index in [-0.39, 0.29) is 12.0 Å². The number of hydrogen-bond acceptors (Lipinski definition) is 5. The second-order valence-corrected chi connectivity index (χ2v) is 12.1. The van der Waals surface area contributed by atoms with Gasteiger partial charge in [0.05, 0.1) is 34.5 Å². The minimum absolute atomic E-state index is 0.0774. The highest BCUT2D eigenvalue weighted by molar-refractivity contribution is 8.00. The molecule has 0 saturated carbocycles. The quantitative estimate of drug-likeness (QED) is 0.126. The van der Waals surface area contributed by atoms with Gasteiger partial charge in [-0.1, -0.05) is 54.1 Å². The fourth-order valence-corrected chi connectivity index (χ4v) is 5.85. The first-order valence-electron chi connectivity index (χ1n) is 14.7. The highest BCUT2D eigenvalue weighted by atomic mass is 32.2. The van der Waals surface area contributed by atoms with Gasteiger partial charge < -0.3 is 4.74 Å². The molecule has 0 unspecified atom stereocenters. The van der Waals surface area contributed by atoms with Crippen molar-refractivity contribution in [2.45, 2.75) is 38.7 Å². The first-order valence-corrected chi connectivity index (χ1v) is 15.7. The maximum atomic E-state index is 14.0. The van der Waals surface area contributed by atoms with Crippen LogP contribution in [0.5, 0.6) is 5.75 Å². The van der Waals surface area contributed by atoms with Gasteiger partial charge in [0.15, 0.2) is 0 Å². The molecular formula is C37H34N4O2S. The maximum absolute atomic E-state index is 14.0. The zero-order chi connectivity index (χ0) is 30.6. The molecule has 220 valence electrons.